The number of nitrogen functional groups attached to an aromatic ring is 1. The van der Waals surface area contributed by atoms with Crippen LogP contribution in [0.3, 0.4) is 0 Å². The highest BCUT2D eigenvalue weighted by atomic mass is 16.5. The number of carbonyl (C=O) groups excluding carboxylic acids is 1. The Hall–Kier alpha value is -1.43. The van der Waals surface area contributed by atoms with E-state index in [2.05, 4.69) is 5.43 Å². The minimum absolute atomic E-state index is 0.311. The zero-order chi connectivity index (χ0) is 12.5. The van der Waals surface area contributed by atoms with E-state index in [9.17, 15) is 4.79 Å². The Kier molecular flexibility index (Phi) is 6.24. The average Bonchev–Trinajstić information content (AvgIpc) is 2.38. The van der Waals surface area contributed by atoms with Crippen LogP contribution in [0.4, 0.5) is 0 Å². The quantitative estimate of drug-likeness (QED) is 0.319. The fourth-order valence-corrected chi connectivity index (χ4v) is 1.39. The second kappa shape index (κ2) is 7.78. The first-order valence-electron chi connectivity index (χ1n) is 5.54. The summed E-state index contributed by atoms with van der Waals surface area (Å²) >= 11 is 0. The highest BCUT2D eigenvalue weighted by molar-refractivity contribution is 5.95. The predicted octanol–water partition coefficient (Wildman–Crippen LogP) is 0.843. The fourth-order valence-electron chi connectivity index (χ4n) is 1.39. The lowest BCUT2D eigenvalue weighted by molar-refractivity contribution is 0.0449. The molecule has 0 saturated carbocycles. The molecule has 5 heteroatoms. The maximum absolute atomic E-state index is 11.5. The van der Waals surface area contributed by atoms with E-state index in [1.165, 1.54) is 0 Å². The Labute approximate surface area is 101 Å². The van der Waals surface area contributed by atoms with E-state index >= 15 is 0 Å². The number of ether oxygens (including phenoxy) is 2. The summed E-state index contributed by atoms with van der Waals surface area (Å²) in [5.74, 6) is 4.80. The summed E-state index contributed by atoms with van der Waals surface area (Å²) < 4.78 is 10.6. The van der Waals surface area contributed by atoms with E-state index in [0.717, 1.165) is 5.56 Å². The molecule has 94 valence electrons. The first-order chi connectivity index (χ1) is 8.29. The third-order valence-electron chi connectivity index (χ3n) is 2.23. The molecule has 0 fully saturated rings. The zero-order valence-corrected chi connectivity index (χ0v) is 9.94. The number of nitrogens with two attached hydrogens (primary N) is 1. The van der Waals surface area contributed by atoms with Gasteiger partial charge in [0.2, 0.25) is 0 Å². The number of hydrazine groups is 1. The molecule has 0 aliphatic rings. The molecule has 0 spiro atoms. The third kappa shape index (κ3) is 4.52. The molecule has 0 radical (unpaired) electrons. The highest BCUT2D eigenvalue weighted by Crippen LogP contribution is 2.09. The normalized spacial score (nSPS) is 10.2. The first-order valence-corrected chi connectivity index (χ1v) is 5.54. The third-order valence-corrected chi connectivity index (χ3v) is 2.23. The van der Waals surface area contributed by atoms with Gasteiger partial charge in [0.25, 0.3) is 5.91 Å². The number of hydrogen-bond acceptors (Lipinski definition) is 4. The summed E-state index contributed by atoms with van der Waals surface area (Å²) in [6.07, 6.45) is 0. The molecular formula is C12H18N2O3. The van der Waals surface area contributed by atoms with E-state index in [0.29, 0.717) is 32.0 Å². The van der Waals surface area contributed by atoms with Crippen molar-refractivity contribution in [3.63, 3.8) is 0 Å². The van der Waals surface area contributed by atoms with Crippen molar-refractivity contribution in [2.75, 3.05) is 19.8 Å². The smallest absolute Gasteiger partial charge is 0.265 e. The molecule has 0 aliphatic heterocycles. The number of nitrogens with one attached hydrogen (secondary N) is 1. The molecule has 1 rings (SSSR count). The van der Waals surface area contributed by atoms with Gasteiger partial charge in [-0.25, -0.2) is 5.84 Å². The molecule has 0 heterocycles. The highest BCUT2D eigenvalue weighted by Gasteiger charge is 2.08. The standard InChI is InChI=1S/C12H18N2O3/c1-2-16-7-8-17-9-10-5-3-4-6-11(10)12(15)14-13/h3-6H,2,7-9,13H2,1H3,(H,14,15). The Balaban J connectivity index is 2.49. The Morgan fingerprint density at radius 1 is 1.29 bits per heavy atom. The molecular weight excluding hydrogens is 220 g/mol. The van der Waals surface area contributed by atoms with E-state index < -0.39 is 0 Å². The average molecular weight is 238 g/mol. The molecule has 17 heavy (non-hydrogen) atoms. The summed E-state index contributed by atoms with van der Waals surface area (Å²) in [4.78, 5) is 11.5. The first kappa shape index (κ1) is 13.6. The topological polar surface area (TPSA) is 73.6 Å². The number of carbonyl (C=O) groups is 1. The molecule has 0 atom stereocenters. The van der Waals surface area contributed by atoms with Crippen LogP contribution in [0.15, 0.2) is 24.3 Å². The molecule has 0 aromatic heterocycles. The molecule has 1 amide bonds. The van der Waals surface area contributed by atoms with Crippen LogP contribution in [0, 0.1) is 0 Å². The van der Waals surface area contributed by atoms with Crippen LogP contribution in [0.25, 0.3) is 0 Å². The van der Waals surface area contributed by atoms with Crippen molar-refractivity contribution in [2.24, 2.45) is 5.84 Å². The van der Waals surface area contributed by atoms with Crippen molar-refractivity contribution < 1.29 is 14.3 Å². The van der Waals surface area contributed by atoms with Gasteiger partial charge in [-0.3, -0.25) is 10.2 Å². The molecule has 0 unspecified atom stereocenters. The van der Waals surface area contributed by atoms with Crippen LogP contribution >= 0.6 is 0 Å². The van der Waals surface area contributed by atoms with Gasteiger partial charge in [0, 0.05) is 12.2 Å². The van der Waals surface area contributed by atoms with Crippen molar-refractivity contribution in [1.29, 1.82) is 0 Å². The Bertz CT molecular complexity index is 355. The van der Waals surface area contributed by atoms with Gasteiger partial charge in [-0.2, -0.15) is 0 Å². The van der Waals surface area contributed by atoms with Crippen molar-refractivity contribution in [3.8, 4) is 0 Å². The van der Waals surface area contributed by atoms with Gasteiger partial charge in [0.15, 0.2) is 0 Å². The lowest BCUT2D eigenvalue weighted by Gasteiger charge is -2.08. The van der Waals surface area contributed by atoms with Gasteiger partial charge in [0.1, 0.15) is 0 Å². The Morgan fingerprint density at radius 2 is 2.00 bits per heavy atom. The van der Waals surface area contributed by atoms with Crippen LogP contribution in [-0.4, -0.2) is 25.7 Å². The number of rotatable bonds is 7. The maximum Gasteiger partial charge on any atom is 0.265 e. The minimum atomic E-state index is -0.311. The second-order valence-corrected chi connectivity index (χ2v) is 3.38. The fraction of sp³-hybridized carbons (Fsp3) is 0.417. The monoisotopic (exact) mass is 238 g/mol. The van der Waals surface area contributed by atoms with E-state index in [1.807, 2.05) is 19.1 Å². The molecule has 1 aromatic rings. The summed E-state index contributed by atoms with van der Waals surface area (Å²) in [7, 11) is 0. The van der Waals surface area contributed by atoms with Crippen molar-refractivity contribution in [1.82, 2.24) is 5.43 Å². The second-order valence-electron chi connectivity index (χ2n) is 3.38. The van der Waals surface area contributed by atoms with Crippen molar-refractivity contribution in [3.05, 3.63) is 35.4 Å². The van der Waals surface area contributed by atoms with Crippen LogP contribution in [0.5, 0.6) is 0 Å². The molecule has 0 aliphatic carbocycles. The van der Waals surface area contributed by atoms with E-state index in [1.54, 1.807) is 12.1 Å². The van der Waals surface area contributed by atoms with Gasteiger partial charge >= 0.3 is 0 Å². The van der Waals surface area contributed by atoms with Gasteiger partial charge in [-0.1, -0.05) is 18.2 Å². The van der Waals surface area contributed by atoms with Crippen molar-refractivity contribution in [2.45, 2.75) is 13.5 Å². The zero-order valence-electron chi connectivity index (χ0n) is 9.94. The van der Waals surface area contributed by atoms with Crippen molar-refractivity contribution >= 4 is 5.91 Å². The van der Waals surface area contributed by atoms with Crippen LogP contribution in [0.1, 0.15) is 22.8 Å². The minimum Gasteiger partial charge on any atom is -0.379 e. The Morgan fingerprint density at radius 3 is 2.71 bits per heavy atom. The molecule has 1 aromatic carbocycles. The van der Waals surface area contributed by atoms with Crippen LogP contribution < -0.4 is 11.3 Å². The lowest BCUT2D eigenvalue weighted by Crippen LogP contribution is -2.30. The lowest BCUT2D eigenvalue weighted by atomic mass is 10.1. The van der Waals surface area contributed by atoms with Gasteiger partial charge < -0.3 is 9.47 Å². The van der Waals surface area contributed by atoms with E-state index in [-0.39, 0.29) is 5.91 Å². The predicted molar refractivity (Wildman–Crippen MR) is 64.2 cm³/mol. The number of hydrogen-bond donors (Lipinski definition) is 2. The van der Waals surface area contributed by atoms with E-state index in [4.69, 9.17) is 15.3 Å². The molecule has 5 nitrogen and oxygen atoms in total. The summed E-state index contributed by atoms with van der Waals surface area (Å²) in [6.45, 7) is 4.04. The molecule has 3 N–H and O–H groups in total. The summed E-state index contributed by atoms with van der Waals surface area (Å²) in [5.41, 5.74) is 3.46. The maximum atomic E-state index is 11.5. The van der Waals surface area contributed by atoms with Gasteiger partial charge in [-0.05, 0) is 18.6 Å². The summed E-state index contributed by atoms with van der Waals surface area (Å²) in [5, 5.41) is 0. The van der Waals surface area contributed by atoms with Crippen LogP contribution in [-0.2, 0) is 16.1 Å². The van der Waals surface area contributed by atoms with Crippen LogP contribution in [0.2, 0.25) is 0 Å². The number of amides is 1. The molecule has 0 bridgehead atoms. The number of benzene rings is 1. The largest absolute Gasteiger partial charge is 0.379 e. The van der Waals surface area contributed by atoms with Gasteiger partial charge in [-0.15, -0.1) is 0 Å². The van der Waals surface area contributed by atoms with Gasteiger partial charge in [0.05, 0.1) is 19.8 Å². The molecule has 0 saturated heterocycles. The summed E-state index contributed by atoms with van der Waals surface area (Å²) in [6, 6.07) is 7.19. The SMILES string of the molecule is CCOCCOCc1ccccc1C(=O)NN.